The third kappa shape index (κ3) is 3.70. The normalized spacial score (nSPS) is 13.6. The summed E-state index contributed by atoms with van der Waals surface area (Å²) in [6.07, 6.45) is 2.07. The number of nitrogens with zero attached hydrogens (tertiary/aromatic N) is 2. The summed E-state index contributed by atoms with van der Waals surface area (Å²) in [6, 6.07) is 3.18. The Labute approximate surface area is 155 Å². The molecule has 1 aromatic carbocycles. The van der Waals surface area contributed by atoms with E-state index in [0.717, 1.165) is 12.0 Å². The molecule has 0 saturated carbocycles. The largest absolute Gasteiger partial charge is 0.504 e. The van der Waals surface area contributed by atoms with E-state index in [1.54, 1.807) is 11.0 Å². The molecule has 25 heavy (non-hydrogen) atoms. The minimum absolute atomic E-state index is 0.104. The first-order valence-corrected chi connectivity index (χ1v) is 8.85. The summed E-state index contributed by atoms with van der Waals surface area (Å²) in [5.41, 5.74) is 1.17. The van der Waals surface area contributed by atoms with E-state index in [1.807, 2.05) is 6.92 Å². The summed E-state index contributed by atoms with van der Waals surface area (Å²) in [5, 5.41) is 14.7. The summed E-state index contributed by atoms with van der Waals surface area (Å²) in [4.78, 5) is 14.2. The van der Waals surface area contributed by atoms with Gasteiger partial charge in [0.25, 0.3) is 5.88 Å². The molecule has 0 fully saturated rings. The van der Waals surface area contributed by atoms with Crippen LogP contribution in [-0.2, 0) is 17.6 Å². The van der Waals surface area contributed by atoms with Crippen LogP contribution in [0.15, 0.2) is 16.7 Å². The van der Waals surface area contributed by atoms with Gasteiger partial charge in [-0.05, 0) is 36.6 Å². The predicted octanol–water partition coefficient (Wildman–Crippen LogP) is 4.00. The number of anilines is 1. The number of fused-ring (bicyclic) bond motifs is 1. The zero-order valence-corrected chi connectivity index (χ0v) is 15.2. The average Bonchev–Trinajstić information content (AvgIpc) is 3.05. The monoisotopic (exact) mass is 384 g/mol. The molecule has 0 saturated heterocycles. The first-order chi connectivity index (χ1) is 12.0. The number of halogens is 2. The highest BCUT2D eigenvalue weighted by molar-refractivity contribution is 6.37. The number of rotatable bonds is 5. The molecule has 0 atom stereocenters. The van der Waals surface area contributed by atoms with Crippen molar-refractivity contribution in [1.82, 2.24) is 5.16 Å². The zero-order valence-electron chi connectivity index (χ0n) is 13.7. The highest BCUT2D eigenvalue weighted by Crippen LogP contribution is 2.44. The summed E-state index contributed by atoms with van der Waals surface area (Å²) >= 11 is 12.2. The van der Waals surface area contributed by atoms with Crippen molar-refractivity contribution in [3.8, 4) is 11.6 Å². The van der Waals surface area contributed by atoms with E-state index in [-0.39, 0.29) is 23.1 Å². The molecule has 6 nitrogen and oxygen atoms in total. The van der Waals surface area contributed by atoms with Gasteiger partial charge in [-0.3, -0.25) is 4.79 Å². The Bertz CT molecular complexity index is 791. The van der Waals surface area contributed by atoms with E-state index in [0.29, 0.717) is 48.3 Å². The van der Waals surface area contributed by atoms with Gasteiger partial charge in [0.05, 0.1) is 17.3 Å². The molecule has 1 aromatic heterocycles. The van der Waals surface area contributed by atoms with Gasteiger partial charge in [-0.1, -0.05) is 23.2 Å². The number of hydrogen-bond donors (Lipinski definition) is 1. The molecule has 1 amide bonds. The van der Waals surface area contributed by atoms with Crippen molar-refractivity contribution in [3.63, 3.8) is 0 Å². The maximum absolute atomic E-state index is 12.7. The molecule has 0 unspecified atom stereocenters. The third-order valence-corrected chi connectivity index (χ3v) is 4.70. The average molecular weight is 385 g/mol. The van der Waals surface area contributed by atoms with Gasteiger partial charge < -0.3 is 19.3 Å². The number of carbonyl (C=O) groups excluding carboxylic acids is 1. The van der Waals surface area contributed by atoms with E-state index in [2.05, 4.69) is 5.16 Å². The van der Waals surface area contributed by atoms with E-state index in [1.165, 1.54) is 6.07 Å². The van der Waals surface area contributed by atoms with Crippen molar-refractivity contribution in [2.75, 3.05) is 18.1 Å². The van der Waals surface area contributed by atoms with Gasteiger partial charge in [-0.15, -0.1) is 0 Å². The summed E-state index contributed by atoms with van der Waals surface area (Å²) in [5.74, 6) is 0.739. The molecule has 0 radical (unpaired) electrons. The van der Waals surface area contributed by atoms with Crippen molar-refractivity contribution in [2.24, 2.45) is 0 Å². The van der Waals surface area contributed by atoms with Crippen LogP contribution in [0.5, 0.6) is 11.6 Å². The molecule has 1 aliphatic heterocycles. The van der Waals surface area contributed by atoms with Crippen LogP contribution >= 0.6 is 23.2 Å². The number of aryl methyl sites for hydroxylation is 1. The number of phenolic OH excluding ortho intramolecular Hbond substituents is 1. The topological polar surface area (TPSA) is 75.8 Å². The molecular weight excluding hydrogens is 367 g/mol. The number of phenols is 1. The molecule has 0 bridgehead atoms. The zero-order chi connectivity index (χ0) is 18.0. The van der Waals surface area contributed by atoms with Crippen molar-refractivity contribution in [1.29, 1.82) is 0 Å². The van der Waals surface area contributed by atoms with E-state index >= 15 is 0 Å². The second-order valence-corrected chi connectivity index (χ2v) is 6.54. The molecule has 0 spiro atoms. The highest BCUT2D eigenvalue weighted by atomic mass is 35.5. The summed E-state index contributed by atoms with van der Waals surface area (Å²) in [7, 11) is 0. The molecule has 0 aliphatic carbocycles. The predicted molar refractivity (Wildman–Crippen MR) is 94.8 cm³/mol. The fraction of sp³-hybridized carbons (Fsp3) is 0.412. The van der Waals surface area contributed by atoms with Gasteiger partial charge >= 0.3 is 0 Å². The molecule has 8 heteroatoms. The third-order valence-electron chi connectivity index (χ3n) is 4.07. The number of ether oxygens (including phenoxy) is 1. The molecule has 1 aliphatic rings. The number of benzene rings is 1. The maximum Gasteiger partial charge on any atom is 0.254 e. The Balaban J connectivity index is 1.75. The van der Waals surface area contributed by atoms with Gasteiger partial charge in [-0.25, -0.2) is 0 Å². The van der Waals surface area contributed by atoms with E-state index in [9.17, 15) is 9.90 Å². The van der Waals surface area contributed by atoms with Crippen LogP contribution < -0.4 is 9.64 Å². The first kappa shape index (κ1) is 17.9. The Morgan fingerprint density at radius 2 is 2.20 bits per heavy atom. The van der Waals surface area contributed by atoms with Crippen LogP contribution in [0.3, 0.4) is 0 Å². The van der Waals surface area contributed by atoms with Crippen molar-refractivity contribution in [2.45, 2.75) is 32.6 Å². The van der Waals surface area contributed by atoms with Crippen LogP contribution in [0.4, 0.5) is 5.69 Å². The van der Waals surface area contributed by atoms with Crippen LogP contribution in [0.2, 0.25) is 10.0 Å². The number of carbonyl (C=O) groups is 1. The lowest BCUT2D eigenvalue weighted by Crippen LogP contribution is -2.35. The molecule has 2 heterocycles. The van der Waals surface area contributed by atoms with Gasteiger partial charge in [0.1, 0.15) is 5.76 Å². The summed E-state index contributed by atoms with van der Waals surface area (Å²) in [6.45, 7) is 2.86. The smallest absolute Gasteiger partial charge is 0.254 e. The van der Waals surface area contributed by atoms with Gasteiger partial charge in [0, 0.05) is 30.5 Å². The fourth-order valence-corrected chi connectivity index (χ4v) is 3.48. The fourth-order valence-electron chi connectivity index (χ4n) is 2.93. The second-order valence-electron chi connectivity index (χ2n) is 5.73. The Hall–Kier alpha value is -1.92. The van der Waals surface area contributed by atoms with Crippen LogP contribution in [-0.4, -0.2) is 29.3 Å². The van der Waals surface area contributed by atoms with Crippen molar-refractivity contribution in [3.05, 3.63) is 33.5 Å². The number of aromatic nitrogens is 1. The lowest BCUT2D eigenvalue weighted by molar-refractivity contribution is -0.118. The molecule has 1 N–H and O–H groups in total. The van der Waals surface area contributed by atoms with E-state index < -0.39 is 0 Å². The SMILES string of the molecule is CCOc1cc(CCC(=O)N2CCCc3c(Cl)cc(Cl)c(O)c32)on1. The molecule has 134 valence electrons. The van der Waals surface area contributed by atoms with Crippen LogP contribution in [0.1, 0.15) is 31.1 Å². The molecular formula is C17H18Cl2N2O4. The minimum Gasteiger partial charge on any atom is -0.504 e. The van der Waals surface area contributed by atoms with Gasteiger partial charge in [0.2, 0.25) is 5.91 Å². The van der Waals surface area contributed by atoms with Crippen LogP contribution in [0.25, 0.3) is 0 Å². The minimum atomic E-state index is -0.135. The van der Waals surface area contributed by atoms with Crippen molar-refractivity contribution < 1.29 is 19.2 Å². The quantitative estimate of drug-likeness (QED) is 0.842. The second kappa shape index (κ2) is 7.54. The van der Waals surface area contributed by atoms with Crippen molar-refractivity contribution >= 4 is 34.8 Å². The molecule has 3 rings (SSSR count). The lowest BCUT2D eigenvalue weighted by atomic mass is 10.00. The van der Waals surface area contributed by atoms with Gasteiger partial charge in [-0.2, -0.15) is 0 Å². The number of hydrogen-bond acceptors (Lipinski definition) is 5. The highest BCUT2D eigenvalue weighted by Gasteiger charge is 2.28. The lowest BCUT2D eigenvalue weighted by Gasteiger charge is -2.31. The Kier molecular flexibility index (Phi) is 5.39. The van der Waals surface area contributed by atoms with Crippen LogP contribution in [0, 0.1) is 0 Å². The Morgan fingerprint density at radius 3 is 2.96 bits per heavy atom. The standard InChI is InChI=1S/C17H18Cl2N2O4/c1-2-24-14-8-10(25-20-14)5-6-15(22)21-7-3-4-11-12(18)9-13(19)17(23)16(11)21/h8-9,23H,2-7H2,1H3. The first-order valence-electron chi connectivity index (χ1n) is 8.09. The molecule has 2 aromatic rings. The summed E-state index contributed by atoms with van der Waals surface area (Å²) < 4.78 is 10.4. The van der Waals surface area contributed by atoms with Gasteiger partial charge in [0.15, 0.2) is 5.75 Å². The van der Waals surface area contributed by atoms with E-state index in [4.69, 9.17) is 32.5 Å². The Morgan fingerprint density at radius 1 is 1.40 bits per heavy atom. The number of aromatic hydroxyl groups is 1. The maximum atomic E-state index is 12.7. The number of amides is 1.